The Hall–Kier alpha value is -3.35. The van der Waals surface area contributed by atoms with Crippen LogP contribution in [0.15, 0.2) is 48.5 Å². The minimum atomic E-state index is -0.651. The number of hydrogen-bond donors (Lipinski definition) is 0. The molecular weight excluding hydrogens is 365 g/mol. The molecule has 0 aliphatic rings. The first-order chi connectivity index (χ1) is 13.4. The third-order valence-corrected chi connectivity index (χ3v) is 3.89. The Morgan fingerprint density at radius 2 is 1.82 bits per heavy atom. The first kappa shape index (κ1) is 21.0. The van der Waals surface area contributed by atoms with E-state index in [4.69, 9.17) is 14.2 Å². The first-order valence-corrected chi connectivity index (χ1v) is 8.48. The van der Waals surface area contributed by atoms with Crippen LogP contribution in [0.5, 0.6) is 11.5 Å². The molecule has 0 aliphatic carbocycles. The summed E-state index contributed by atoms with van der Waals surface area (Å²) in [7, 11) is 4.61. The molecule has 0 atom stereocenters. The molecule has 0 fully saturated rings. The Labute approximate surface area is 163 Å². The maximum atomic E-state index is 13.2. The molecule has 0 aliphatic heterocycles. The second-order valence-electron chi connectivity index (χ2n) is 5.94. The lowest BCUT2D eigenvalue weighted by Gasteiger charge is -2.17. The number of rotatable bonds is 8. The first-order valence-electron chi connectivity index (χ1n) is 8.48. The fourth-order valence-corrected chi connectivity index (χ4v) is 2.41. The topological polar surface area (TPSA) is 65.1 Å². The maximum absolute atomic E-state index is 13.2. The minimum absolute atomic E-state index is 0.218. The fourth-order valence-electron chi connectivity index (χ4n) is 2.41. The van der Waals surface area contributed by atoms with Crippen molar-refractivity contribution in [1.82, 2.24) is 4.90 Å². The van der Waals surface area contributed by atoms with E-state index in [0.29, 0.717) is 22.6 Å². The average molecular weight is 387 g/mol. The zero-order chi connectivity index (χ0) is 20.5. The molecule has 0 aromatic heterocycles. The number of methoxy groups -OCH3 is 2. The Morgan fingerprint density at radius 3 is 2.50 bits per heavy atom. The summed E-state index contributed by atoms with van der Waals surface area (Å²) in [4.78, 5) is 25.3. The molecule has 148 valence electrons. The number of benzene rings is 2. The largest absolute Gasteiger partial charge is 0.493 e. The van der Waals surface area contributed by atoms with Crippen LogP contribution in [0.2, 0.25) is 0 Å². The van der Waals surface area contributed by atoms with Crippen LogP contribution in [0.1, 0.15) is 11.1 Å². The number of esters is 1. The molecule has 28 heavy (non-hydrogen) atoms. The standard InChI is InChI=1S/C21H22FNO5/c1-23(13-16-5-4-6-17(22)11-16)20(24)14-28-21(25)10-8-15-7-9-18(26-2)19(12-15)27-3/h4-12H,13-14H2,1-3H3/b10-8+. The fraction of sp³-hybridized carbons (Fsp3) is 0.238. The van der Waals surface area contributed by atoms with Gasteiger partial charge in [-0.25, -0.2) is 9.18 Å². The Bertz CT molecular complexity index is 866. The number of carbonyl (C=O) groups excluding carboxylic acids is 2. The zero-order valence-electron chi connectivity index (χ0n) is 16.0. The number of carbonyl (C=O) groups is 2. The number of amides is 1. The van der Waals surface area contributed by atoms with Gasteiger partial charge in [0, 0.05) is 19.7 Å². The molecule has 2 rings (SSSR count). The van der Waals surface area contributed by atoms with E-state index in [-0.39, 0.29) is 12.4 Å². The number of nitrogens with zero attached hydrogens (tertiary/aromatic N) is 1. The lowest BCUT2D eigenvalue weighted by molar-refractivity contribution is -0.147. The highest BCUT2D eigenvalue weighted by Gasteiger charge is 2.12. The van der Waals surface area contributed by atoms with E-state index >= 15 is 0 Å². The van der Waals surface area contributed by atoms with Gasteiger partial charge in [-0.05, 0) is 41.5 Å². The highest BCUT2D eigenvalue weighted by atomic mass is 19.1. The Balaban J connectivity index is 1.85. The van der Waals surface area contributed by atoms with Crippen LogP contribution in [0, 0.1) is 5.82 Å². The van der Waals surface area contributed by atoms with Crippen LogP contribution in [-0.2, 0) is 20.9 Å². The van der Waals surface area contributed by atoms with Crippen molar-refractivity contribution in [3.05, 3.63) is 65.5 Å². The van der Waals surface area contributed by atoms with Crippen molar-refractivity contribution in [3.8, 4) is 11.5 Å². The molecule has 0 saturated carbocycles. The summed E-state index contributed by atoms with van der Waals surface area (Å²) in [5.74, 6) is -0.300. The van der Waals surface area contributed by atoms with Gasteiger partial charge < -0.3 is 19.1 Å². The second-order valence-corrected chi connectivity index (χ2v) is 5.94. The van der Waals surface area contributed by atoms with E-state index < -0.39 is 18.5 Å². The monoisotopic (exact) mass is 387 g/mol. The van der Waals surface area contributed by atoms with Crippen LogP contribution >= 0.6 is 0 Å². The van der Waals surface area contributed by atoms with Crippen molar-refractivity contribution in [2.24, 2.45) is 0 Å². The van der Waals surface area contributed by atoms with E-state index in [9.17, 15) is 14.0 Å². The van der Waals surface area contributed by atoms with E-state index in [1.807, 2.05) is 0 Å². The van der Waals surface area contributed by atoms with Crippen molar-refractivity contribution >= 4 is 18.0 Å². The third kappa shape index (κ3) is 6.12. The summed E-state index contributed by atoms with van der Waals surface area (Å²) < 4.78 is 28.5. The molecule has 0 spiro atoms. The average Bonchev–Trinajstić information content (AvgIpc) is 2.70. The smallest absolute Gasteiger partial charge is 0.331 e. The van der Waals surface area contributed by atoms with Crippen molar-refractivity contribution in [2.75, 3.05) is 27.9 Å². The number of ether oxygens (including phenoxy) is 3. The van der Waals surface area contributed by atoms with Gasteiger partial charge in [0.15, 0.2) is 18.1 Å². The SMILES string of the molecule is COc1ccc(/C=C/C(=O)OCC(=O)N(C)Cc2cccc(F)c2)cc1OC. The molecule has 7 heteroatoms. The predicted octanol–water partition coefficient (Wildman–Crippen LogP) is 3.06. The molecule has 6 nitrogen and oxygen atoms in total. The Morgan fingerprint density at radius 1 is 1.07 bits per heavy atom. The van der Waals surface area contributed by atoms with Gasteiger partial charge in [-0.15, -0.1) is 0 Å². The molecule has 0 heterocycles. The number of hydrogen-bond acceptors (Lipinski definition) is 5. The molecule has 0 bridgehead atoms. The van der Waals surface area contributed by atoms with E-state index in [1.165, 1.54) is 37.3 Å². The molecule has 0 radical (unpaired) electrons. The van der Waals surface area contributed by atoms with Gasteiger partial charge in [0.25, 0.3) is 5.91 Å². The van der Waals surface area contributed by atoms with Crippen molar-refractivity contribution < 1.29 is 28.2 Å². The predicted molar refractivity (Wildman–Crippen MR) is 102 cm³/mol. The van der Waals surface area contributed by atoms with Gasteiger partial charge in [-0.1, -0.05) is 18.2 Å². The van der Waals surface area contributed by atoms with Gasteiger partial charge >= 0.3 is 5.97 Å². The van der Waals surface area contributed by atoms with E-state index in [2.05, 4.69) is 0 Å². The van der Waals surface area contributed by atoms with Crippen LogP contribution in [0.4, 0.5) is 4.39 Å². The van der Waals surface area contributed by atoms with Gasteiger partial charge in [0.2, 0.25) is 0 Å². The second kappa shape index (κ2) is 10.1. The quantitative estimate of drug-likeness (QED) is 0.515. The van der Waals surface area contributed by atoms with E-state index in [0.717, 1.165) is 0 Å². The summed E-state index contributed by atoms with van der Waals surface area (Å²) in [6.07, 6.45) is 2.77. The summed E-state index contributed by atoms with van der Waals surface area (Å²) in [5, 5.41) is 0. The summed E-state index contributed by atoms with van der Waals surface area (Å²) in [6.45, 7) is -0.184. The lowest BCUT2D eigenvalue weighted by atomic mass is 10.2. The van der Waals surface area contributed by atoms with Crippen molar-refractivity contribution in [3.63, 3.8) is 0 Å². The summed E-state index contributed by atoms with van der Waals surface area (Å²) >= 11 is 0. The number of likely N-dealkylation sites (N-methyl/N-ethyl adjacent to an activating group) is 1. The lowest BCUT2D eigenvalue weighted by Crippen LogP contribution is -2.30. The van der Waals surface area contributed by atoms with Crippen LogP contribution in [0.3, 0.4) is 0 Å². The van der Waals surface area contributed by atoms with Crippen molar-refractivity contribution in [1.29, 1.82) is 0 Å². The Kier molecular flexibility index (Phi) is 7.56. The number of halogens is 1. The van der Waals surface area contributed by atoms with E-state index in [1.54, 1.807) is 43.5 Å². The van der Waals surface area contributed by atoms with Gasteiger partial charge in [-0.2, -0.15) is 0 Å². The summed E-state index contributed by atoms with van der Waals surface area (Å²) in [5.41, 5.74) is 1.36. The van der Waals surface area contributed by atoms with Gasteiger partial charge in [0.05, 0.1) is 14.2 Å². The maximum Gasteiger partial charge on any atom is 0.331 e. The molecular formula is C21H22FNO5. The van der Waals surface area contributed by atoms with Gasteiger partial charge in [-0.3, -0.25) is 4.79 Å². The van der Waals surface area contributed by atoms with Crippen LogP contribution in [0.25, 0.3) is 6.08 Å². The molecule has 0 N–H and O–H groups in total. The van der Waals surface area contributed by atoms with Gasteiger partial charge in [0.1, 0.15) is 5.82 Å². The molecule has 0 saturated heterocycles. The zero-order valence-corrected chi connectivity index (χ0v) is 16.0. The van der Waals surface area contributed by atoms with Crippen LogP contribution in [-0.4, -0.2) is 44.7 Å². The third-order valence-electron chi connectivity index (χ3n) is 3.89. The van der Waals surface area contributed by atoms with Crippen LogP contribution < -0.4 is 9.47 Å². The minimum Gasteiger partial charge on any atom is -0.493 e. The molecule has 0 unspecified atom stereocenters. The summed E-state index contributed by atoms with van der Waals surface area (Å²) in [6, 6.07) is 11.1. The molecule has 2 aromatic carbocycles. The highest BCUT2D eigenvalue weighted by Crippen LogP contribution is 2.27. The molecule has 2 aromatic rings. The normalized spacial score (nSPS) is 10.6. The van der Waals surface area contributed by atoms with Crippen molar-refractivity contribution in [2.45, 2.75) is 6.54 Å². The molecule has 1 amide bonds. The highest BCUT2D eigenvalue weighted by molar-refractivity contribution is 5.89.